The molecule has 0 radical (unpaired) electrons. The molecule has 0 aliphatic heterocycles. The number of rotatable bonds is 3. The first kappa shape index (κ1) is 9.58. The van der Waals surface area contributed by atoms with Gasteiger partial charge in [0.1, 0.15) is 23.5 Å². The van der Waals surface area contributed by atoms with Gasteiger partial charge in [-0.15, -0.1) is 0 Å². The largest absolute Gasteiger partial charge is 0.496 e. The lowest BCUT2D eigenvalue weighted by atomic mass is 10.2. The molecule has 0 aliphatic carbocycles. The van der Waals surface area contributed by atoms with Crippen LogP contribution >= 0.6 is 0 Å². The highest BCUT2D eigenvalue weighted by atomic mass is 16.5. The van der Waals surface area contributed by atoms with Gasteiger partial charge in [-0.05, 0) is 18.2 Å². The van der Waals surface area contributed by atoms with Crippen LogP contribution in [0.2, 0.25) is 0 Å². The molecule has 0 spiro atoms. The minimum absolute atomic E-state index is 0.113. The third-order valence-corrected chi connectivity index (χ3v) is 2.12. The third-order valence-electron chi connectivity index (χ3n) is 2.12. The molecule has 15 heavy (non-hydrogen) atoms. The Morgan fingerprint density at radius 3 is 3.00 bits per heavy atom. The smallest absolute Gasteiger partial charge is 0.311 e. The van der Waals surface area contributed by atoms with Crippen molar-refractivity contribution in [2.24, 2.45) is 0 Å². The van der Waals surface area contributed by atoms with E-state index >= 15 is 0 Å². The Balaban J connectivity index is 2.50. The van der Waals surface area contributed by atoms with Gasteiger partial charge >= 0.3 is 5.97 Å². The van der Waals surface area contributed by atoms with Gasteiger partial charge in [-0.1, -0.05) is 6.07 Å². The zero-order valence-corrected chi connectivity index (χ0v) is 8.19. The number of carboxylic acids is 1. The van der Waals surface area contributed by atoms with E-state index in [0.29, 0.717) is 17.1 Å². The average molecular weight is 206 g/mol. The van der Waals surface area contributed by atoms with Gasteiger partial charge in [-0.2, -0.15) is 0 Å². The van der Waals surface area contributed by atoms with Crippen molar-refractivity contribution in [3.63, 3.8) is 0 Å². The minimum atomic E-state index is -0.909. The summed E-state index contributed by atoms with van der Waals surface area (Å²) in [7, 11) is 1.57. The number of hydrogen-bond acceptors (Lipinski definition) is 3. The molecule has 0 amide bonds. The van der Waals surface area contributed by atoms with Crippen LogP contribution in [0.15, 0.2) is 28.7 Å². The van der Waals surface area contributed by atoms with Crippen LogP contribution in [-0.2, 0) is 11.2 Å². The fourth-order valence-corrected chi connectivity index (χ4v) is 1.50. The van der Waals surface area contributed by atoms with E-state index in [-0.39, 0.29) is 6.42 Å². The Morgan fingerprint density at radius 2 is 2.33 bits per heavy atom. The van der Waals surface area contributed by atoms with E-state index in [1.54, 1.807) is 25.3 Å². The van der Waals surface area contributed by atoms with Crippen LogP contribution in [-0.4, -0.2) is 18.2 Å². The highest BCUT2D eigenvalue weighted by Gasteiger charge is 2.10. The number of aliphatic carboxylic acids is 1. The summed E-state index contributed by atoms with van der Waals surface area (Å²) in [5, 5.41) is 9.43. The van der Waals surface area contributed by atoms with Crippen molar-refractivity contribution in [3.05, 3.63) is 30.0 Å². The monoisotopic (exact) mass is 206 g/mol. The van der Waals surface area contributed by atoms with Gasteiger partial charge in [0.15, 0.2) is 0 Å². The lowest BCUT2D eigenvalue weighted by molar-refractivity contribution is -0.136. The lowest BCUT2D eigenvalue weighted by Gasteiger charge is -1.98. The molecule has 0 saturated carbocycles. The summed E-state index contributed by atoms with van der Waals surface area (Å²) >= 11 is 0. The number of hydrogen-bond donors (Lipinski definition) is 1. The third kappa shape index (κ3) is 1.79. The van der Waals surface area contributed by atoms with E-state index < -0.39 is 5.97 Å². The van der Waals surface area contributed by atoms with Crippen molar-refractivity contribution >= 4 is 16.9 Å². The van der Waals surface area contributed by atoms with E-state index in [9.17, 15) is 4.79 Å². The molecule has 1 N–H and O–H groups in total. The number of fused-ring (bicyclic) bond motifs is 1. The highest BCUT2D eigenvalue weighted by molar-refractivity contribution is 5.85. The summed E-state index contributed by atoms with van der Waals surface area (Å²) in [6.45, 7) is 0. The van der Waals surface area contributed by atoms with E-state index in [2.05, 4.69) is 0 Å². The molecule has 0 fully saturated rings. The summed E-state index contributed by atoms with van der Waals surface area (Å²) in [5.74, 6) is 0.211. The summed E-state index contributed by atoms with van der Waals surface area (Å²) in [6.07, 6.45) is -0.113. The molecular formula is C11H10O4. The second-order valence-electron chi connectivity index (χ2n) is 3.16. The predicted molar refractivity (Wildman–Crippen MR) is 54.1 cm³/mol. The first-order chi connectivity index (χ1) is 7.20. The van der Waals surface area contributed by atoms with Crippen molar-refractivity contribution in [1.29, 1.82) is 0 Å². The second kappa shape index (κ2) is 3.65. The van der Waals surface area contributed by atoms with Crippen molar-refractivity contribution < 1.29 is 19.1 Å². The van der Waals surface area contributed by atoms with Gasteiger partial charge < -0.3 is 14.3 Å². The predicted octanol–water partition coefficient (Wildman–Crippen LogP) is 2.07. The average Bonchev–Trinajstić information content (AvgIpc) is 2.58. The maximum absolute atomic E-state index is 10.5. The van der Waals surface area contributed by atoms with Crippen LogP contribution in [0.5, 0.6) is 5.75 Å². The molecule has 0 aliphatic rings. The Bertz CT molecular complexity index is 498. The summed E-state index contributed by atoms with van der Waals surface area (Å²) in [6, 6.07) is 7.09. The first-order valence-electron chi connectivity index (χ1n) is 4.48. The van der Waals surface area contributed by atoms with Crippen LogP contribution in [0.4, 0.5) is 0 Å². The molecule has 1 heterocycles. The van der Waals surface area contributed by atoms with Gasteiger partial charge in [0, 0.05) is 0 Å². The van der Waals surface area contributed by atoms with Crippen LogP contribution in [0, 0.1) is 0 Å². The van der Waals surface area contributed by atoms with Gasteiger partial charge in [0.25, 0.3) is 0 Å². The minimum Gasteiger partial charge on any atom is -0.496 e. The zero-order valence-electron chi connectivity index (χ0n) is 8.19. The Labute approximate surface area is 86.1 Å². The fourth-order valence-electron chi connectivity index (χ4n) is 1.50. The number of furan rings is 1. The Hall–Kier alpha value is -1.97. The zero-order chi connectivity index (χ0) is 10.8. The summed E-state index contributed by atoms with van der Waals surface area (Å²) in [5.41, 5.74) is 0.644. The molecule has 4 nitrogen and oxygen atoms in total. The first-order valence-corrected chi connectivity index (χ1v) is 4.48. The normalized spacial score (nSPS) is 10.5. The number of ether oxygens (including phenoxy) is 1. The standard InChI is InChI=1S/C11H10O4/c1-14-9-3-2-4-10-8(9)5-7(15-10)6-11(12)13/h2-5H,6H2,1H3,(H,12,13). The van der Waals surface area contributed by atoms with Gasteiger partial charge in [0.05, 0.1) is 12.5 Å². The maximum Gasteiger partial charge on any atom is 0.311 e. The highest BCUT2D eigenvalue weighted by Crippen LogP contribution is 2.28. The van der Waals surface area contributed by atoms with Crippen LogP contribution in [0.25, 0.3) is 11.0 Å². The molecule has 1 aromatic carbocycles. The Morgan fingerprint density at radius 1 is 1.53 bits per heavy atom. The number of carbonyl (C=O) groups is 1. The van der Waals surface area contributed by atoms with E-state index in [1.165, 1.54) is 0 Å². The molecule has 78 valence electrons. The molecule has 4 heteroatoms. The maximum atomic E-state index is 10.5. The van der Waals surface area contributed by atoms with E-state index in [4.69, 9.17) is 14.3 Å². The molecule has 2 aromatic rings. The number of benzene rings is 1. The second-order valence-corrected chi connectivity index (χ2v) is 3.16. The van der Waals surface area contributed by atoms with Crippen molar-refractivity contribution in [2.45, 2.75) is 6.42 Å². The van der Waals surface area contributed by atoms with Crippen molar-refractivity contribution in [3.8, 4) is 5.75 Å². The molecule has 0 atom stereocenters. The van der Waals surface area contributed by atoms with Gasteiger partial charge in [0.2, 0.25) is 0 Å². The van der Waals surface area contributed by atoms with Gasteiger partial charge in [-0.25, -0.2) is 0 Å². The molecule has 0 bridgehead atoms. The van der Waals surface area contributed by atoms with Crippen LogP contribution < -0.4 is 4.74 Å². The van der Waals surface area contributed by atoms with Crippen molar-refractivity contribution in [2.75, 3.05) is 7.11 Å². The van der Waals surface area contributed by atoms with Crippen LogP contribution in [0.1, 0.15) is 5.76 Å². The molecule has 0 unspecified atom stereocenters. The number of carboxylic acid groups (broad SMARTS) is 1. The molecule has 0 saturated heterocycles. The number of methoxy groups -OCH3 is 1. The van der Waals surface area contributed by atoms with Gasteiger partial charge in [-0.3, -0.25) is 4.79 Å². The van der Waals surface area contributed by atoms with Crippen LogP contribution in [0.3, 0.4) is 0 Å². The fraction of sp³-hybridized carbons (Fsp3) is 0.182. The van der Waals surface area contributed by atoms with E-state index in [1.807, 2.05) is 6.07 Å². The molecule has 1 aromatic heterocycles. The Kier molecular flexibility index (Phi) is 2.33. The summed E-state index contributed by atoms with van der Waals surface area (Å²) < 4.78 is 10.5. The topological polar surface area (TPSA) is 59.7 Å². The SMILES string of the molecule is COc1cccc2oc(CC(=O)O)cc12. The molecular weight excluding hydrogens is 196 g/mol. The summed E-state index contributed by atoms with van der Waals surface area (Å²) in [4.78, 5) is 10.5. The van der Waals surface area contributed by atoms with Crippen molar-refractivity contribution in [1.82, 2.24) is 0 Å². The lowest BCUT2D eigenvalue weighted by Crippen LogP contribution is -1.97. The van der Waals surface area contributed by atoms with E-state index in [0.717, 1.165) is 5.39 Å². The molecule has 2 rings (SSSR count). The quantitative estimate of drug-likeness (QED) is 0.835.